The number of hydrogen-bond acceptors (Lipinski definition) is 3. The Hall–Kier alpha value is -1.86. The Morgan fingerprint density at radius 2 is 1.95 bits per heavy atom. The lowest BCUT2D eigenvalue weighted by molar-refractivity contribution is 0.0627. The van der Waals surface area contributed by atoms with E-state index in [1.54, 1.807) is 24.3 Å². The third-order valence-electron chi connectivity index (χ3n) is 3.90. The summed E-state index contributed by atoms with van der Waals surface area (Å²) in [5.74, 6) is 0.0487. The Balaban J connectivity index is 1.65. The molecular formula is C15H17N3O. The lowest BCUT2D eigenvalue weighted by atomic mass is 10.1. The molecule has 4 nitrogen and oxygen atoms in total. The van der Waals surface area contributed by atoms with Crippen molar-refractivity contribution in [1.29, 1.82) is 5.26 Å². The largest absolute Gasteiger partial charge is 0.336 e. The van der Waals surface area contributed by atoms with Crippen LogP contribution in [0.15, 0.2) is 24.3 Å². The second-order valence-electron chi connectivity index (χ2n) is 5.25. The molecule has 2 fully saturated rings. The zero-order valence-electron chi connectivity index (χ0n) is 10.9. The van der Waals surface area contributed by atoms with Gasteiger partial charge in [0.05, 0.1) is 11.6 Å². The molecule has 19 heavy (non-hydrogen) atoms. The summed E-state index contributed by atoms with van der Waals surface area (Å²) in [6, 6.07) is 9.81. The van der Waals surface area contributed by atoms with Gasteiger partial charge < -0.3 is 4.90 Å². The van der Waals surface area contributed by atoms with Gasteiger partial charge >= 0.3 is 0 Å². The van der Waals surface area contributed by atoms with Gasteiger partial charge in [-0.3, -0.25) is 9.69 Å². The van der Waals surface area contributed by atoms with Gasteiger partial charge in [-0.15, -0.1) is 0 Å². The molecular weight excluding hydrogens is 238 g/mol. The molecule has 1 aliphatic carbocycles. The Labute approximate surface area is 113 Å². The van der Waals surface area contributed by atoms with Crippen LogP contribution in [0.3, 0.4) is 0 Å². The van der Waals surface area contributed by atoms with E-state index in [2.05, 4.69) is 11.0 Å². The molecule has 1 saturated heterocycles. The van der Waals surface area contributed by atoms with Gasteiger partial charge in [0.2, 0.25) is 0 Å². The van der Waals surface area contributed by atoms with Crippen molar-refractivity contribution >= 4 is 5.91 Å². The number of carbonyl (C=O) groups excluding carboxylic acids is 1. The Morgan fingerprint density at radius 1 is 1.21 bits per heavy atom. The predicted molar refractivity (Wildman–Crippen MR) is 71.7 cm³/mol. The molecule has 1 saturated carbocycles. The summed E-state index contributed by atoms with van der Waals surface area (Å²) in [5.41, 5.74) is 1.17. The summed E-state index contributed by atoms with van der Waals surface area (Å²) in [5, 5.41) is 8.88. The van der Waals surface area contributed by atoms with Crippen LogP contribution in [0.1, 0.15) is 28.8 Å². The normalized spacial score (nSPS) is 20.1. The van der Waals surface area contributed by atoms with Gasteiger partial charge in [-0.2, -0.15) is 5.26 Å². The average molecular weight is 255 g/mol. The van der Waals surface area contributed by atoms with Crippen molar-refractivity contribution in [2.75, 3.05) is 26.2 Å². The first-order chi connectivity index (χ1) is 9.28. The quantitative estimate of drug-likeness (QED) is 0.804. The van der Waals surface area contributed by atoms with Crippen LogP contribution in [0, 0.1) is 11.3 Å². The minimum absolute atomic E-state index is 0.0487. The molecule has 98 valence electrons. The van der Waals surface area contributed by atoms with E-state index in [-0.39, 0.29) is 5.91 Å². The molecule has 0 atom stereocenters. The molecule has 0 aromatic heterocycles. The van der Waals surface area contributed by atoms with Crippen molar-refractivity contribution in [3.05, 3.63) is 35.4 Å². The monoisotopic (exact) mass is 255 g/mol. The van der Waals surface area contributed by atoms with E-state index in [1.165, 1.54) is 12.8 Å². The molecule has 2 aliphatic rings. The number of rotatable bonds is 2. The molecule has 1 aromatic rings. The second-order valence-corrected chi connectivity index (χ2v) is 5.25. The fraction of sp³-hybridized carbons (Fsp3) is 0.467. The van der Waals surface area contributed by atoms with Gasteiger partial charge in [0, 0.05) is 37.8 Å². The first-order valence-corrected chi connectivity index (χ1v) is 6.81. The number of carbonyl (C=O) groups is 1. The highest BCUT2D eigenvalue weighted by Gasteiger charge is 2.32. The maximum atomic E-state index is 12.4. The fourth-order valence-corrected chi connectivity index (χ4v) is 2.63. The summed E-state index contributed by atoms with van der Waals surface area (Å²) in [4.78, 5) is 16.7. The lowest BCUT2D eigenvalue weighted by Crippen LogP contribution is -2.49. The SMILES string of the molecule is N#Cc1cccc(C(=O)N2CCN(C3CC3)CC2)c1. The van der Waals surface area contributed by atoms with E-state index >= 15 is 0 Å². The maximum Gasteiger partial charge on any atom is 0.253 e. The zero-order chi connectivity index (χ0) is 13.2. The zero-order valence-corrected chi connectivity index (χ0v) is 10.9. The van der Waals surface area contributed by atoms with Crippen LogP contribution >= 0.6 is 0 Å². The van der Waals surface area contributed by atoms with Crippen molar-refractivity contribution in [1.82, 2.24) is 9.80 Å². The molecule has 1 heterocycles. The van der Waals surface area contributed by atoms with Crippen molar-refractivity contribution < 1.29 is 4.79 Å². The minimum atomic E-state index is 0.0487. The third kappa shape index (κ3) is 2.61. The minimum Gasteiger partial charge on any atom is -0.336 e. The lowest BCUT2D eigenvalue weighted by Gasteiger charge is -2.34. The van der Waals surface area contributed by atoms with Crippen LogP contribution in [-0.2, 0) is 0 Å². The fourth-order valence-electron chi connectivity index (χ4n) is 2.63. The smallest absolute Gasteiger partial charge is 0.253 e. The molecule has 4 heteroatoms. The molecule has 0 radical (unpaired) electrons. The van der Waals surface area contributed by atoms with Crippen LogP contribution in [0.4, 0.5) is 0 Å². The highest BCUT2D eigenvalue weighted by Crippen LogP contribution is 2.27. The van der Waals surface area contributed by atoms with Gasteiger partial charge in [-0.05, 0) is 31.0 Å². The number of piperazine rings is 1. The topological polar surface area (TPSA) is 47.3 Å². The van der Waals surface area contributed by atoms with Crippen LogP contribution in [0.2, 0.25) is 0 Å². The van der Waals surface area contributed by atoms with E-state index in [9.17, 15) is 4.79 Å². The van der Waals surface area contributed by atoms with Crippen LogP contribution in [-0.4, -0.2) is 47.9 Å². The first-order valence-electron chi connectivity index (χ1n) is 6.81. The number of benzene rings is 1. The number of nitriles is 1. The number of amides is 1. The van der Waals surface area contributed by atoms with Crippen molar-refractivity contribution in [3.8, 4) is 6.07 Å². The summed E-state index contributed by atoms with van der Waals surface area (Å²) in [6.45, 7) is 3.56. The van der Waals surface area contributed by atoms with Crippen molar-refractivity contribution in [3.63, 3.8) is 0 Å². The van der Waals surface area contributed by atoms with Gasteiger partial charge in [0.15, 0.2) is 0 Å². The Morgan fingerprint density at radius 3 is 2.58 bits per heavy atom. The van der Waals surface area contributed by atoms with Gasteiger partial charge in [-0.25, -0.2) is 0 Å². The Kier molecular flexibility index (Phi) is 3.22. The van der Waals surface area contributed by atoms with Gasteiger partial charge in [0.1, 0.15) is 0 Å². The summed E-state index contributed by atoms with van der Waals surface area (Å²) >= 11 is 0. The predicted octanol–water partition coefficient (Wildman–Crippen LogP) is 1.48. The van der Waals surface area contributed by atoms with E-state index in [0.29, 0.717) is 11.1 Å². The van der Waals surface area contributed by atoms with E-state index < -0.39 is 0 Å². The van der Waals surface area contributed by atoms with E-state index in [1.807, 2.05) is 4.90 Å². The molecule has 3 rings (SSSR count). The van der Waals surface area contributed by atoms with Crippen LogP contribution < -0.4 is 0 Å². The first kappa shape index (κ1) is 12.2. The van der Waals surface area contributed by atoms with E-state index in [0.717, 1.165) is 32.2 Å². The molecule has 0 bridgehead atoms. The molecule has 0 spiro atoms. The Bertz CT molecular complexity index is 522. The van der Waals surface area contributed by atoms with E-state index in [4.69, 9.17) is 5.26 Å². The van der Waals surface area contributed by atoms with Crippen LogP contribution in [0.25, 0.3) is 0 Å². The van der Waals surface area contributed by atoms with Crippen molar-refractivity contribution in [2.24, 2.45) is 0 Å². The van der Waals surface area contributed by atoms with Crippen molar-refractivity contribution in [2.45, 2.75) is 18.9 Å². The standard InChI is InChI=1S/C15H17N3O/c16-11-12-2-1-3-13(10-12)15(19)18-8-6-17(7-9-18)14-4-5-14/h1-3,10,14H,4-9H2. The molecule has 1 aliphatic heterocycles. The molecule has 1 amide bonds. The third-order valence-corrected chi connectivity index (χ3v) is 3.90. The highest BCUT2D eigenvalue weighted by atomic mass is 16.2. The molecule has 1 aromatic carbocycles. The summed E-state index contributed by atoms with van der Waals surface area (Å²) in [6.07, 6.45) is 2.64. The molecule has 0 N–H and O–H groups in total. The second kappa shape index (κ2) is 5.02. The highest BCUT2D eigenvalue weighted by molar-refractivity contribution is 5.94. The van der Waals surface area contributed by atoms with Gasteiger partial charge in [-0.1, -0.05) is 6.07 Å². The number of nitrogens with zero attached hydrogens (tertiary/aromatic N) is 3. The van der Waals surface area contributed by atoms with Crippen LogP contribution in [0.5, 0.6) is 0 Å². The summed E-state index contributed by atoms with van der Waals surface area (Å²) in [7, 11) is 0. The molecule has 0 unspecified atom stereocenters. The summed E-state index contributed by atoms with van der Waals surface area (Å²) < 4.78 is 0. The average Bonchev–Trinajstić information content (AvgIpc) is 3.31. The maximum absolute atomic E-state index is 12.4. The van der Waals surface area contributed by atoms with Gasteiger partial charge in [0.25, 0.3) is 5.91 Å². The number of hydrogen-bond donors (Lipinski definition) is 0.